The molecule has 1 aliphatic heterocycles. The minimum Gasteiger partial charge on any atom is -0.462 e. The minimum absolute atomic E-state index is 0.0353. The van der Waals surface area contributed by atoms with Gasteiger partial charge in [0.25, 0.3) is 0 Å². The Morgan fingerprint density at radius 1 is 1.00 bits per heavy atom. The summed E-state index contributed by atoms with van der Waals surface area (Å²) < 4.78 is 27.9. The minimum atomic E-state index is -1.49. The highest BCUT2D eigenvalue weighted by atomic mass is 79.9. The van der Waals surface area contributed by atoms with E-state index in [9.17, 15) is 29.1 Å². The van der Waals surface area contributed by atoms with Gasteiger partial charge in [-0.2, -0.15) is 0 Å². The van der Waals surface area contributed by atoms with Crippen LogP contribution in [0.25, 0.3) is 0 Å². The predicted octanol–water partition coefficient (Wildman–Crippen LogP) is 6.09. The molecule has 0 aromatic rings. The number of hydrogen-bond donors (Lipinski definition) is 1. The van der Waals surface area contributed by atoms with E-state index in [4.69, 9.17) is 23.7 Å². The van der Waals surface area contributed by atoms with Gasteiger partial charge in [-0.15, -0.1) is 0 Å². The first kappa shape index (κ1) is 43.0. The number of carbonyl (C=O) groups is 5. The first-order valence-corrected chi connectivity index (χ1v) is 17.5. The molecule has 0 saturated carbocycles. The number of halogens is 1. The number of alkyl halides is 1. The topological polar surface area (TPSA) is 152 Å². The van der Waals surface area contributed by atoms with Crippen molar-refractivity contribution in [2.45, 2.75) is 142 Å². The van der Waals surface area contributed by atoms with Crippen LogP contribution in [0.1, 0.15) is 101 Å². The van der Waals surface area contributed by atoms with Gasteiger partial charge >= 0.3 is 29.8 Å². The number of rotatable bonds is 13. The second-order valence-corrected chi connectivity index (χ2v) is 14.1. The van der Waals surface area contributed by atoms with E-state index in [0.717, 1.165) is 5.57 Å². The zero-order valence-corrected chi connectivity index (χ0v) is 31.6. The Morgan fingerprint density at radius 2 is 1.58 bits per heavy atom. The largest absolute Gasteiger partial charge is 0.462 e. The Hall–Kier alpha value is -2.99. The second kappa shape index (κ2) is 20.5. The number of hydrogen-bond acceptors (Lipinski definition) is 11. The van der Waals surface area contributed by atoms with Gasteiger partial charge in [0.1, 0.15) is 36.1 Å². The summed E-state index contributed by atoms with van der Waals surface area (Å²) in [6, 6.07) is 0. The van der Waals surface area contributed by atoms with Crippen molar-refractivity contribution >= 4 is 45.8 Å². The lowest BCUT2D eigenvalue weighted by Gasteiger charge is -2.33. The molecule has 0 spiro atoms. The van der Waals surface area contributed by atoms with Gasteiger partial charge in [-0.1, -0.05) is 67.9 Å². The Morgan fingerprint density at radius 3 is 2.12 bits per heavy atom. The maximum absolute atomic E-state index is 13.1. The Kier molecular flexibility index (Phi) is 18.4. The summed E-state index contributed by atoms with van der Waals surface area (Å²) in [4.78, 5) is 60.0. The molecule has 1 N–H and O–H groups in total. The first-order chi connectivity index (χ1) is 22.3. The van der Waals surface area contributed by atoms with Crippen LogP contribution in [0.5, 0.6) is 0 Å². The standard InChI is InChI=1S/C36H55BrO11/c1-11-30(45-26(7)39)24(5)34(37)31(46-27(8)40)19-21(2)13-12-14-22(3)35-23(4)15-16-32(47-28(9)41)36(10,43)18-17-29(44-25(6)38)20-33(42)48-35/h12-16,21,23-24,29-32,34-35,43H,11,17-20H2,1-10H3/b13-12+,16-15+,22-14+. The maximum atomic E-state index is 13.1. The van der Waals surface area contributed by atoms with Gasteiger partial charge in [-0.25, -0.2) is 0 Å². The number of aliphatic hydroxyl groups is 1. The van der Waals surface area contributed by atoms with E-state index >= 15 is 0 Å². The average molecular weight is 744 g/mol. The lowest BCUT2D eigenvalue weighted by atomic mass is 9.88. The summed E-state index contributed by atoms with van der Waals surface area (Å²) in [5, 5.41) is 11.2. The third kappa shape index (κ3) is 15.5. The molecule has 10 atom stereocenters. The number of carbonyl (C=O) groups excluding carboxylic acids is 5. The highest BCUT2D eigenvalue weighted by Crippen LogP contribution is 2.30. The van der Waals surface area contributed by atoms with Crippen molar-refractivity contribution in [2.75, 3.05) is 0 Å². The molecule has 11 nitrogen and oxygen atoms in total. The number of ether oxygens (including phenoxy) is 5. The third-order valence-corrected chi connectivity index (χ3v) is 9.69. The molecule has 10 unspecified atom stereocenters. The van der Waals surface area contributed by atoms with Gasteiger partial charge in [0.2, 0.25) is 0 Å². The van der Waals surface area contributed by atoms with Crippen molar-refractivity contribution < 1.29 is 52.8 Å². The van der Waals surface area contributed by atoms with E-state index in [0.29, 0.717) is 12.8 Å². The second-order valence-electron chi connectivity index (χ2n) is 13.0. The van der Waals surface area contributed by atoms with Crippen LogP contribution in [0.2, 0.25) is 0 Å². The van der Waals surface area contributed by atoms with Crippen molar-refractivity contribution in [1.82, 2.24) is 0 Å². The number of esters is 5. The SMILES string of the molecule is CCC(OC(C)=O)C(C)C(Br)C(CC(C)/C=C/C=C(\C)C1OC(=O)CC(OC(C)=O)CCC(C)(O)C(OC(C)=O)/C=C/C1C)OC(C)=O. The quantitative estimate of drug-likeness (QED) is 0.0767. The van der Waals surface area contributed by atoms with Crippen molar-refractivity contribution in [2.24, 2.45) is 17.8 Å². The molecule has 0 saturated heterocycles. The molecular formula is C36H55BrO11. The lowest BCUT2D eigenvalue weighted by Crippen LogP contribution is -2.42. The zero-order chi connectivity index (χ0) is 36.8. The normalized spacial score (nSPS) is 27.9. The smallest absolute Gasteiger partial charge is 0.310 e. The number of allylic oxidation sites excluding steroid dienone is 3. The van der Waals surface area contributed by atoms with E-state index in [1.807, 2.05) is 52.8 Å². The monoisotopic (exact) mass is 742 g/mol. The first-order valence-electron chi connectivity index (χ1n) is 16.5. The summed E-state index contributed by atoms with van der Waals surface area (Å²) in [5.74, 6) is -3.02. The molecule has 1 aliphatic rings. The summed E-state index contributed by atoms with van der Waals surface area (Å²) in [5.41, 5.74) is -0.771. The number of cyclic esters (lactones) is 1. The van der Waals surface area contributed by atoms with Gasteiger partial charge in [-0.05, 0) is 57.1 Å². The van der Waals surface area contributed by atoms with Gasteiger partial charge in [0.15, 0.2) is 0 Å². The summed E-state index contributed by atoms with van der Waals surface area (Å²) in [6.07, 6.45) is 6.74. The van der Waals surface area contributed by atoms with Gasteiger partial charge in [0, 0.05) is 39.5 Å². The van der Waals surface area contributed by atoms with Crippen LogP contribution in [0.15, 0.2) is 36.0 Å². The van der Waals surface area contributed by atoms with Crippen molar-refractivity contribution in [1.29, 1.82) is 0 Å². The molecular weight excluding hydrogens is 688 g/mol. The van der Waals surface area contributed by atoms with Crippen LogP contribution >= 0.6 is 15.9 Å². The zero-order valence-electron chi connectivity index (χ0n) is 30.0. The third-order valence-electron chi connectivity index (χ3n) is 8.26. The molecule has 0 aliphatic carbocycles. The van der Waals surface area contributed by atoms with E-state index in [1.165, 1.54) is 34.6 Å². The molecule has 0 aromatic heterocycles. The molecule has 272 valence electrons. The van der Waals surface area contributed by atoms with E-state index < -0.39 is 53.9 Å². The van der Waals surface area contributed by atoms with Gasteiger partial charge < -0.3 is 28.8 Å². The molecule has 0 radical (unpaired) electrons. The van der Waals surface area contributed by atoms with Crippen LogP contribution in [-0.4, -0.2) is 75.9 Å². The van der Waals surface area contributed by atoms with Crippen molar-refractivity contribution in [3.63, 3.8) is 0 Å². The van der Waals surface area contributed by atoms with E-state index in [2.05, 4.69) is 15.9 Å². The molecule has 0 amide bonds. The molecule has 0 aromatic carbocycles. The van der Waals surface area contributed by atoms with Crippen molar-refractivity contribution in [3.8, 4) is 0 Å². The average Bonchev–Trinajstić information content (AvgIpc) is 2.96. The van der Waals surface area contributed by atoms with Crippen LogP contribution in [0.3, 0.4) is 0 Å². The van der Waals surface area contributed by atoms with Gasteiger partial charge in [-0.3, -0.25) is 24.0 Å². The lowest BCUT2D eigenvalue weighted by molar-refractivity contribution is -0.160. The summed E-state index contributed by atoms with van der Waals surface area (Å²) in [7, 11) is 0. The van der Waals surface area contributed by atoms with Crippen LogP contribution in [0.4, 0.5) is 0 Å². The fraction of sp³-hybridized carbons (Fsp3) is 0.694. The molecule has 12 heteroatoms. The van der Waals surface area contributed by atoms with Crippen molar-refractivity contribution in [3.05, 3.63) is 36.0 Å². The Labute approximate surface area is 293 Å². The van der Waals surface area contributed by atoms with E-state index in [-0.39, 0.29) is 53.9 Å². The molecule has 1 rings (SSSR count). The predicted molar refractivity (Wildman–Crippen MR) is 184 cm³/mol. The fourth-order valence-electron chi connectivity index (χ4n) is 5.67. The molecule has 0 bridgehead atoms. The van der Waals surface area contributed by atoms with E-state index in [1.54, 1.807) is 12.2 Å². The van der Waals surface area contributed by atoms with Gasteiger partial charge in [0.05, 0.1) is 11.2 Å². The van der Waals surface area contributed by atoms with Crippen LogP contribution in [-0.2, 0) is 47.7 Å². The molecule has 0 fully saturated rings. The molecule has 1 heterocycles. The summed E-state index contributed by atoms with van der Waals surface area (Å²) >= 11 is 3.70. The van der Waals surface area contributed by atoms with Crippen LogP contribution in [0, 0.1) is 17.8 Å². The highest BCUT2D eigenvalue weighted by molar-refractivity contribution is 9.09. The summed E-state index contributed by atoms with van der Waals surface area (Å²) in [6.45, 7) is 16.3. The maximum Gasteiger partial charge on any atom is 0.310 e. The molecule has 48 heavy (non-hydrogen) atoms. The highest BCUT2D eigenvalue weighted by Gasteiger charge is 2.36. The Bertz CT molecular complexity index is 1190. The fourth-order valence-corrected chi connectivity index (χ4v) is 6.33. The Balaban J connectivity index is 3.29. The van der Waals surface area contributed by atoms with Crippen LogP contribution < -0.4 is 0 Å².